The molecule has 31 heavy (non-hydrogen) atoms. The van der Waals surface area contributed by atoms with Crippen LogP contribution in [0.2, 0.25) is 5.02 Å². The number of aromatic nitrogens is 2. The number of hydrogen-bond acceptors (Lipinski definition) is 5. The van der Waals surface area contributed by atoms with Gasteiger partial charge in [-0.25, -0.2) is 4.98 Å². The number of benzene rings is 2. The molecular weight excluding hydrogens is 432 g/mol. The van der Waals surface area contributed by atoms with Crippen LogP contribution in [-0.4, -0.2) is 20.7 Å². The van der Waals surface area contributed by atoms with Gasteiger partial charge in [0.05, 0.1) is 27.8 Å². The van der Waals surface area contributed by atoms with Crippen LogP contribution in [0.25, 0.3) is 10.9 Å². The Morgan fingerprint density at radius 2 is 2.06 bits per heavy atom. The number of nitriles is 1. The van der Waals surface area contributed by atoms with E-state index in [0.29, 0.717) is 32.3 Å². The molecule has 0 saturated heterocycles. The zero-order valence-corrected chi connectivity index (χ0v) is 18.5. The first-order chi connectivity index (χ1) is 15.0. The average molecular weight is 453 g/mol. The molecule has 158 valence electrons. The standard InChI is InChI=1S/C23H21ClN4O2S/c1-14(21(29)26-17-6-4-5-15(11-17)13-25)31-23-27-20-12-16(24)9-10-19(20)22(30)28(23)18-7-2-3-8-18/h4-6,9-12,14,18H,2-3,7-8H2,1H3,(H,26,29)/t14-/m1/s1. The molecule has 2 aromatic carbocycles. The van der Waals surface area contributed by atoms with Crippen LogP contribution in [0.1, 0.15) is 44.2 Å². The van der Waals surface area contributed by atoms with Crippen molar-refractivity contribution < 1.29 is 4.79 Å². The molecule has 1 N–H and O–H groups in total. The van der Waals surface area contributed by atoms with Gasteiger partial charge in [-0.1, -0.05) is 42.3 Å². The van der Waals surface area contributed by atoms with Gasteiger partial charge in [0.2, 0.25) is 5.91 Å². The number of carbonyl (C=O) groups excluding carboxylic acids is 1. The summed E-state index contributed by atoms with van der Waals surface area (Å²) in [6, 6.07) is 14.0. The minimum Gasteiger partial charge on any atom is -0.325 e. The van der Waals surface area contributed by atoms with Crippen LogP contribution in [0.5, 0.6) is 0 Å². The fraction of sp³-hybridized carbons (Fsp3) is 0.304. The summed E-state index contributed by atoms with van der Waals surface area (Å²) in [5, 5.41) is 13.0. The molecule has 0 radical (unpaired) electrons. The highest BCUT2D eigenvalue weighted by Crippen LogP contribution is 2.33. The first kappa shape index (κ1) is 21.4. The van der Waals surface area contributed by atoms with Gasteiger partial charge in [0.1, 0.15) is 0 Å². The summed E-state index contributed by atoms with van der Waals surface area (Å²) in [5.74, 6) is -0.224. The summed E-state index contributed by atoms with van der Waals surface area (Å²) in [4.78, 5) is 30.8. The monoisotopic (exact) mass is 452 g/mol. The SMILES string of the molecule is C[C@@H](Sc1nc2cc(Cl)ccc2c(=O)n1C1CCCC1)C(=O)Nc1cccc(C#N)c1. The maximum absolute atomic E-state index is 13.3. The number of anilines is 1. The lowest BCUT2D eigenvalue weighted by molar-refractivity contribution is -0.115. The van der Waals surface area contributed by atoms with Crippen molar-refractivity contribution in [2.24, 2.45) is 0 Å². The van der Waals surface area contributed by atoms with E-state index in [1.165, 1.54) is 11.8 Å². The van der Waals surface area contributed by atoms with Gasteiger partial charge in [0.15, 0.2) is 5.16 Å². The van der Waals surface area contributed by atoms with E-state index in [1.54, 1.807) is 54.0 Å². The predicted molar refractivity (Wildman–Crippen MR) is 124 cm³/mol. The molecule has 1 atom stereocenters. The van der Waals surface area contributed by atoms with Crippen molar-refractivity contribution in [2.45, 2.75) is 49.1 Å². The summed E-state index contributed by atoms with van der Waals surface area (Å²) < 4.78 is 1.76. The van der Waals surface area contributed by atoms with Gasteiger partial charge in [-0.2, -0.15) is 5.26 Å². The van der Waals surface area contributed by atoms with E-state index in [4.69, 9.17) is 21.8 Å². The maximum atomic E-state index is 13.3. The van der Waals surface area contributed by atoms with E-state index in [1.807, 2.05) is 0 Å². The van der Waals surface area contributed by atoms with Crippen LogP contribution >= 0.6 is 23.4 Å². The molecule has 0 unspecified atom stereocenters. The second-order valence-corrected chi connectivity index (χ2v) is 9.36. The van der Waals surface area contributed by atoms with Crippen LogP contribution in [0.3, 0.4) is 0 Å². The molecule has 1 aliphatic rings. The van der Waals surface area contributed by atoms with Crippen LogP contribution in [0.4, 0.5) is 5.69 Å². The molecular formula is C23H21ClN4O2S. The van der Waals surface area contributed by atoms with E-state index in [-0.39, 0.29) is 17.5 Å². The third kappa shape index (κ3) is 4.60. The van der Waals surface area contributed by atoms with E-state index < -0.39 is 5.25 Å². The first-order valence-electron chi connectivity index (χ1n) is 10.2. The minimum atomic E-state index is -0.498. The Bertz CT molecular complexity index is 1240. The molecule has 3 aromatic rings. The zero-order valence-electron chi connectivity index (χ0n) is 17.0. The molecule has 1 saturated carbocycles. The molecule has 1 aromatic heterocycles. The molecule has 0 bridgehead atoms. The van der Waals surface area contributed by atoms with Gasteiger partial charge in [-0.15, -0.1) is 0 Å². The summed E-state index contributed by atoms with van der Waals surface area (Å²) in [7, 11) is 0. The summed E-state index contributed by atoms with van der Waals surface area (Å²) in [6.07, 6.45) is 4.00. The molecule has 4 rings (SSSR count). The summed E-state index contributed by atoms with van der Waals surface area (Å²) in [6.45, 7) is 1.78. The number of nitrogens with zero attached hydrogens (tertiary/aromatic N) is 3. The van der Waals surface area contributed by atoms with E-state index in [9.17, 15) is 9.59 Å². The number of carbonyl (C=O) groups is 1. The van der Waals surface area contributed by atoms with Crippen molar-refractivity contribution in [2.75, 3.05) is 5.32 Å². The van der Waals surface area contributed by atoms with Gasteiger partial charge >= 0.3 is 0 Å². The molecule has 8 heteroatoms. The Kier molecular flexibility index (Phi) is 6.30. The number of rotatable bonds is 5. The second-order valence-electron chi connectivity index (χ2n) is 7.61. The smallest absolute Gasteiger partial charge is 0.262 e. The normalized spacial score (nSPS) is 15.0. The van der Waals surface area contributed by atoms with Crippen molar-refractivity contribution in [3.05, 3.63) is 63.4 Å². The number of thioether (sulfide) groups is 1. The predicted octanol–water partition coefficient (Wildman–Crippen LogP) is 5.16. The Morgan fingerprint density at radius 3 is 2.81 bits per heavy atom. The fourth-order valence-electron chi connectivity index (χ4n) is 3.84. The van der Waals surface area contributed by atoms with E-state index >= 15 is 0 Å². The van der Waals surface area contributed by atoms with Gasteiger partial charge in [-0.05, 0) is 56.2 Å². The van der Waals surface area contributed by atoms with Crippen LogP contribution in [0.15, 0.2) is 52.4 Å². The Hall–Kier alpha value is -2.82. The summed E-state index contributed by atoms with van der Waals surface area (Å²) >= 11 is 7.38. The van der Waals surface area contributed by atoms with Gasteiger partial charge in [-0.3, -0.25) is 14.2 Å². The number of amides is 1. The largest absolute Gasteiger partial charge is 0.325 e. The fourth-order valence-corrected chi connectivity index (χ4v) is 4.99. The lowest BCUT2D eigenvalue weighted by atomic mass is 10.2. The average Bonchev–Trinajstić information content (AvgIpc) is 3.28. The zero-order chi connectivity index (χ0) is 22.0. The lowest BCUT2D eigenvalue weighted by Gasteiger charge is -2.20. The van der Waals surface area contributed by atoms with Gasteiger partial charge in [0.25, 0.3) is 5.56 Å². The van der Waals surface area contributed by atoms with E-state index in [0.717, 1.165) is 25.7 Å². The number of nitrogens with one attached hydrogen (secondary N) is 1. The van der Waals surface area contributed by atoms with Crippen molar-refractivity contribution >= 4 is 45.9 Å². The quantitative estimate of drug-likeness (QED) is 0.427. The Morgan fingerprint density at radius 1 is 1.29 bits per heavy atom. The van der Waals surface area contributed by atoms with Crippen LogP contribution < -0.4 is 10.9 Å². The maximum Gasteiger partial charge on any atom is 0.262 e. The van der Waals surface area contributed by atoms with E-state index in [2.05, 4.69) is 11.4 Å². The third-order valence-corrected chi connectivity index (χ3v) is 6.73. The third-order valence-electron chi connectivity index (χ3n) is 5.43. The lowest BCUT2D eigenvalue weighted by Crippen LogP contribution is -2.29. The molecule has 6 nitrogen and oxygen atoms in total. The minimum absolute atomic E-state index is 0.0881. The van der Waals surface area contributed by atoms with Crippen molar-refractivity contribution in [1.29, 1.82) is 5.26 Å². The Balaban J connectivity index is 1.65. The van der Waals surface area contributed by atoms with Crippen LogP contribution in [0, 0.1) is 11.3 Å². The highest BCUT2D eigenvalue weighted by molar-refractivity contribution is 8.00. The molecule has 0 spiro atoms. The highest BCUT2D eigenvalue weighted by Gasteiger charge is 2.25. The first-order valence-corrected chi connectivity index (χ1v) is 11.4. The highest BCUT2D eigenvalue weighted by atomic mass is 35.5. The molecule has 1 aliphatic carbocycles. The van der Waals surface area contributed by atoms with Crippen molar-refractivity contribution in [3.8, 4) is 6.07 Å². The summed E-state index contributed by atoms with van der Waals surface area (Å²) in [5.41, 5.74) is 1.47. The topological polar surface area (TPSA) is 87.8 Å². The number of halogens is 1. The molecule has 1 heterocycles. The van der Waals surface area contributed by atoms with Crippen LogP contribution in [-0.2, 0) is 4.79 Å². The van der Waals surface area contributed by atoms with Crippen molar-refractivity contribution in [1.82, 2.24) is 9.55 Å². The number of fused-ring (bicyclic) bond motifs is 1. The number of hydrogen-bond donors (Lipinski definition) is 1. The van der Waals surface area contributed by atoms with Gasteiger partial charge < -0.3 is 5.32 Å². The second kappa shape index (κ2) is 9.13. The molecule has 1 amide bonds. The van der Waals surface area contributed by atoms with Crippen molar-refractivity contribution in [3.63, 3.8) is 0 Å². The molecule has 1 fully saturated rings. The molecule has 0 aliphatic heterocycles. The van der Waals surface area contributed by atoms with Gasteiger partial charge in [0, 0.05) is 16.8 Å². The Labute approximate surface area is 189 Å².